The predicted molar refractivity (Wildman–Crippen MR) is 131 cm³/mol. The van der Waals surface area contributed by atoms with Gasteiger partial charge in [-0.3, -0.25) is 0 Å². The molecule has 1 aliphatic heterocycles. The summed E-state index contributed by atoms with van der Waals surface area (Å²) in [6.45, 7) is 9.85. The Bertz CT molecular complexity index is 1080. The number of carbonyl (C=O) groups is 1. The van der Waals surface area contributed by atoms with Crippen LogP contribution in [0.15, 0.2) is 30.5 Å². The topological polar surface area (TPSA) is 81.6 Å². The van der Waals surface area contributed by atoms with Crippen molar-refractivity contribution in [2.24, 2.45) is 0 Å². The SMILES string of the molecule is CCCN1CCN(CCCNc2ncc(Cl)c(-c3cc4c(C(=O)O)cccc4s3)n2)CC1. The molecular formula is C23H28ClN5O2S. The fourth-order valence-corrected chi connectivity index (χ4v) is 5.39. The molecule has 2 N–H and O–H groups in total. The van der Waals surface area contributed by atoms with Crippen LogP contribution in [0, 0.1) is 0 Å². The van der Waals surface area contributed by atoms with Crippen LogP contribution < -0.4 is 5.32 Å². The van der Waals surface area contributed by atoms with Crippen LogP contribution in [0.25, 0.3) is 20.7 Å². The maximum absolute atomic E-state index is 11.5. The fourth-order valence-electron chi connectivity index (χ4n) is 4.04. The van der Waals surface area contributed by atoms with Crippen molar-refractivity contribution in [3.63, 3.8) is 0 Å². The third-order valence-electron chi connectivity index (χ3n) is 5.71. The highest BCUT2D eigenvalue weighted by Gasteiger charge is 2.17. The summed E-state index contributed by atoms with van der Waals surface area (Å²) in [4.78, 5) is 26.3. The molecule has 7 nitrogen and oxygen atoms in total. The Hall–Kier alpha value is -2.26. The Labute approximate surface area is 197 Å². The first-order chi connectivity index (χ1) is 15.5. The normalized spacial score (nSPS) is 15.3. The highest BCUT2D eigenvalue weighted by Crippen LogP contribution is 2.37. The Morgan fingerprint density at radius 2 is 1.97 bits per heavy atom. The number of hydrogen-bond donors (Lipinski definition) is 2. The van der Waals surface area contributed by atoms with Crippen molar-refractivity contribution >= 4 is 44.9 Å². The minimum Gasteiger partial charge on any atom is -0.478 e. The molecule has 0 atom stereocenters. The lowest BCUT2D eigenvalue weighted by atomic mass is 10.1. The number of piperazine rings is 1. The van der Waals surface area contributed by atoms with E-state index in [9.17, 15) is 9.90 Å². The minimum atomic E-state index is -0.942. The average Bonchev–Trinajstić information content (AvgIpc) is 3.23. The Balaban J connectivity index is 1.37. The minimum absolute atomic E-state index is 0.282. The van der Waals surface area contributed by atoms with Crippen molar-refractivity contribution < 1.29 is 9.90 Å². The number of nitrogens with one attached hydrogen (secondary N) is 1. The van der Waals surface area contributed by atoms with Crippen LogP contribution in [0.2, 0.25) is 5.02 Å². The van der Waals surface area contributed by atoms with Gasteiger partial charge >= 0.3 is 5.97 Å². The third kappa shape index (κ3) is 5.38. The van der Waals surface area contributed by atoms with Crippen molar-refractivity contribution in [3.05, 3.63) is 41.0 Å². The van der Waals surface area contributed by atoms with Gasteiger partial charge in [0.05, 0.1) is 21.7 Å². The van der Waals surface area contributed by atoms with Crippen LogP contribution in [0.3, 0.4) is 0 Å². The second kappa shape index (κ2) is 10.6. The van der Waals surface area contributed by atoms with Crippen molar-refractivity contribution in [2.45, 2.75) is 19.8 Å². The summed E-state index contributed by atoms with van der Waals surface area (Å²) in [6, 6.07) is 7.12. The molecule has 1 aliphatic rings. The van der Waals surface area contributed by atoms with Crippen molar-refractivity contribution in [3.8, 4) is 10.6 Å². The highest BCUT2D eigenvalue weighted by atomic mass is 35.5. The number of benzene rings is 1. The highest BCUT2D eigenvalue weighted by molar-refractivity contribution is 7.22. The monoisotopic (exact) mass is 473 g/mol. The molecule has 1 saturated heterocycles. The number of nitrogens with zero attached hydrogens (tertiary/aromatic N) is 4. The van der Waals surface area contributed by atoms with Gasteiger partial charge in [-0.2, -0.15) is 0 Å². The zero-order chi connectivity index (χ0) is 22.5. The van der Waals surface area contributed by atoms with E-state index in [1.807, 2.05) is 12.1 Å². The maximum Gasteiger partial charge on any atom is 0.336 e. The van der Waals surface area contributed by atoms with Crippen LogP contribution in [0.5, 0.6) is 0 Å². The van der Waals surface area contributed by atoms with Gasteiger partial charge in [-0.1, -0.05) is 24.6 Å². The lowest BCUT2D eigenvalue weighted by molar-refractivity contribution is 0.0699. The van der Waals surface area contributed by atoms with E-state index in [1.54, 1.807) is 18.3 Å². The van der Waals surface area contributed by atoms with Gasteiger partial charge in [0.15, 0.2) is 0 Å². The molecule has 0 unspecified atom stereocenters. The summed E-state index contributed by atoms with van der Waals surface area (Å²) in [5, 5.41) is 13.9. The molecule has 0 spiro atoms. The van der Waals surface area contributed by atoms with E-state index in [4.69, 9.17) is 11.6 Å². The molecule has 170 valence electrons. The number of aromatic nitrogens is 2. The first-order valence-corrected chi connectivity index (χ1v) is 12.2. The van der Waals surface area contributed by atoms with Crippen molar-refractivity contribution in [1.29, 1.82) is 0 Å². The van der Waals surface area contributed by atoms with E-state index in [1.165, 1.54) is 24.3 Å². The number of hydrogen-bond acceptors (Lipinski definition) is 7. The number of halogens is 1. The molecule has 0 radical (unpaired) electrons. The quantitative estimate of drug-likeness (QED) is 0.441. The standard InChI is InChI=1S/C23H28ClN5O2S/c1-2-8-28-10-12-29(13-11-28)9-4-7-25-23-26-15-18(24)21(27-23)20-14-17-16(22(30)31)5-3-6-19(17)32-20/h3,5-6,14-15H,2,4,7-13H2,1H3,(H,30,31)(H,25,26,27). The first kappa shape index (κ1) is 22.9. The van der Waals surface area contributed by atoms with Gasteiger partial charge in [-0.25, -0.2) is 14.8 Å². The van der Waals surface area contributed by atoms with E-state index >= 15 is 0 Å². The van der Waals surface area contributed by atoms with E-state index < -0.39 is 5.97 Å². The molecule has 0 aliphatic carbocycles. The summed E-state index contributed by atoms with van der Waals surface area (Å²) < 4.78 is 0.892. The molecule has 32 heavy (non-hydrogen) atoms. The number of carboxylic acids is 1. The van der Waals surface area contributed by atoms with Gasteiger partial charge in [-0.05, 0) is 44.1 Å². The van der Waals surface area contributed by atoms with Crippen molar-refractivity contribution in [1.82, 2.24) is 19.8 Å². The molecule has 3 aromatic rings. The van der Waals surface area contributed by atoms with Gasteiger partial charge in [0.1, 0.15) is 5.69 Å². The van der Waals surface area contributed by atoms with Gasteiger partial charge in [0, 0.05) is 42.8 Å². The molecule has 9 heteroatoms. The largest absolute Gasteiger partial charge is 0.478 e. The van der Waals surface area contributed by atoms with E-state index in [2.05, 4.69) is 32.0 Å². The number of anilines is 1. The molecule has 1 aromatic carbocycles. The van der Waals surface area contributed by atoms with Crippen LogP contribution in [0.1, 0.15) is 30.1 Å². The van der Waals surface area contributed by atoms with Gasteiger partial charge in [0.2, 0.25) is 5.95 Å². The summed E-state index contributed by atoms with van der Waals surface area (Å²) >= 11 is 7.86. The van der Waals surface area contributed by atoms with E-state index in [0.29, 0.717) is 22.1 Å². The molecule has 0 saturated carbocycles. The van der Waals surface area contributed by atoms with Crippen LogP contribution >= 0.6 is 22.9 Å². The summed E-state index contributed by atoms with van der Waals surface area (Å²) in [7, 11) is 0. The number of fused-ring (bicyclic) bond motifs is 1. The van der Waals surface area contributed by atoms with E-state index in [0.717, 1.165) is 55.3 Å². The Kier molecular flexibility index (Phi) is 7.57. The predicted octanol–water partition coefficient (Wildman–Crippen LogP) is 4.54. The lowest BCUT2D eigenvalue weighted by Crippen LogP contribution is -2.46. The molecule has 4 rings (SSSR count). The average molecular weight is 474 g/mol. The van der Waals surface area contributed by atoms with Gasteiger partial charge in [0.25, 0.3) is 0 Å². The molecule has 0 amide bonds. The summed E-state index contributed by atoms with van der Waals surface area (Å²) in [5.41, 5.74) is 0.901. The second-order valence-corrected chi connectivity index (χ2v) is 9.48. The maximum atomic E-state index is 11.5. The zero-order valence-corrected chi connectivity index (χ0v) is 19.8. The summed E-state index contributed by atoms with van der Waals surface area (Å²) in [6.07, 6.45) is 3.83. The lowest BCUT2D eigenvalue weighted by Gasteiger charge is -2.34. The second-order valence-electron chi connectivity index (χ2n) is 7.99. The van der Waals surface area contributed by atoms with Crippen LogP contribution in [-0.4, -0.2) is 76.7 Å². The molecular weight excluding hydrogens is 446 g/mol. The summed E-state index contributed by atoms with van der Waals surface area (Å²) in [5.74, 6) is -0.407. The Morgan fingerprint density at radius 3 is 2.69 bits per heavy atom. The molecule has 1 fully saturated rings. The third-order valence-corrected chi connectivity index (χ3v) is 7.09. The number of carboxylic acid groups (broad SMARTS) is 1. The molecule has 2 aromatic heterocycles. The number of thiophene rings is 1. The number of rotatable bonds is 9. The fraction of sp³-hybridized carbons (Fsp3) is 0.435. The number of aromatic carboxylic acids is 1. The van der Waals surface area contributed by atoms with E-state index in [-0.39, 0.29) is 5.56 Å². The van der Waals surface area contributed by atoms with Crippen LogP contribution in [0.4, 0.5) is 5.95 Å². The zero-order valence-electron chi connectivity index (χ0n) is 18.2. The molecule has 3 heterocycles. The van der Waals surface area contributed by atoms with Gasteiger partial charge in [-0.15, -0.1) is 11.3 Å². The van der Waals surface area contributed by atoms with Gasteiger partial charge < -0.3 is 20.2 Å². The Morgan fingerprint density at radius 1 is 1.22 bits per heavy atom. The smallest absolute Gasteiger partial charge is 0.336 e. The van der Waals surface area contributed by atoms with Crippen LogP contribution in [-0.2, 0) is 0 Å². The van der Waals surface area contributed by atoms with Crippen molar-refractivity contribution in [2.75, 3.05) is 51.1 Å². The molecule has 0 bridgehead atoms. The first-order valence-electron chi connectivity index (χ1n) is 11.0.